The van der Waals surface area contributed by atoms with Gasteiger partial charge in [-0.3, -0.25) is 0 Å². The van der Waals surface area contributed by atoms with Crippen molar-refractivity contribution in [1.29, 1.82) is 0 Å². The highest BCUT2D eigenvalue weighted by Gasteiger charge is 2.19. The van der Waals surface area contributed by atoms with Crippen LogP contribution in [0.4, 0.5) is 0 Å². The van der Waals surface area contributed by atoms with Crippen LogP contribution < -0.4 is 0 Å². The molecular weight excluding hydrogens is 232 g/mol. The molecule has 0 atom stereocenters. The lowest BCUT2D eigenvalue weighted by molar-refractivity contribution is 0.372. The van der Waals surface area contributed by atoms with Crippen LogP contribution in [0.1, 0.15) is 26.6 Å². The molecule has 2 aromatic rings. The second-order valence-electron chi connectivity index (χ2n) is 5.43. The fourth-order valence-electron chi connectivity index (χ4n) is 1.61. The largest absolute Gasteiger partial charge is 0.504 e. The van der Waals surface area contributed by atoms with Gasteiger partial charge in [-0.25, -0.2) is 0 Å². The highest BCUT2D eigenvalue weighted by atomic mass is 16.5. The molecule has 0 unspecified atom stereocenters. The van der Waals surface area contributed by atoms with Crippen molar-refractivity contribution in [3.8, 4) is 23.0 Å². The Labute approximate surface area is 105 Å². The van der Waals surface area contributed by atoms with Crippen molar-refractivity contribution in [3.63, 3.8) is 0 Å². The molecule has 18 heavy (non-hydrogen) atoms. The predicted octanol–water partition coefficient (Wildman–Crippen LogP) is 2.74. The van der Waals surface area contributed by atoms with E-state index in [1.165, 1.54) is 6.07 Å². The molecule has 0 spiro atoms. The minimum Gasteiger partial charge on any atom is -0.504 e. The molecule has 2 N–H and O–H groups in total. The summed E-state index contributed by atoms with van der Waals surface area (Å²) in [6.45, 7) is 6.23. The molecule has 0 radical (unpaired) electrons. The first kappa shape index (κ1) is 12.4. The summed E-state index contributed by atoms with van der Waals surface area (Å²) in [4.78, 5) is 4.22. The van der Waals surface area contributed by atoms with E-state index >= 15 is 0 Å². The van der Waals surface area contributed by atoms with Crippen LogP contribution in [0.2, 0.25) is 0 Å². The van der Waals surface area contributed by atoms with Crippen molar-refractivity contribution in [2.45, 2.75) is 27.2 Å². The van der Waals surface area contributed by atoms with Crippen molar-refractivity contribution >= 4 is 0 Å². The summed E-state index contributed by atoms with van der Waals surface area (Å²) in [6.07, 6.45) is 0.677. The Kier molecular flexibility index (Phi) is 2.98. The molecule has 0 fully saturated rings. The molecule has 1 aromatic carbocycles. The Bertz CT molecular complexity index is 556. The second kappa shape index (κ2) is 4.33. The number of benzene rings is 1. The average molecular weight is 248 g/mol. The van der Waals surface area contributed by atoms with E-state index in [1.807, 2.05) is 0 Å². The van der Waals surface area contributed by atoms with Gasteiger partial charge in [-0.2, -0.15) is 4.98 Å². The molecule has 0 amide bonds. The molecule has 96 valence electrons. The molecule has 0 aliphatic rings. The van der Waals surface area contributed by atoms with Gasteiger partial charge in [0.1, 0.15) is 0 Å². The van der Waals surface area contributed by atoms with Crippen molar-refractivity contribution in [3.05, 3.63) is 24.0 Å². The van der Waals surface area contributed by atoms with Crippen molar-refractivity contribution in [2.75, 3.05) is 0 Å². The van der Waals surface area contributed by atoms with Crippen LogP contribution in [0.3, 0.4) is 0 Å². The molecule has 5 heteroatoms. The van der Waals surface area contributed by atoms with Gasteiger partial charge in [-0.05, 0) is 17.5 Å². The lowest BCUT2D eigenvalue weighted by Crippen LogP contribution is -2.10. The van der Waals surface area contributed by atoms with Crippen LogP contribution in [0, 0.1) is 5.41 Å². The quantitative estimate of drug-likeness (QED) is 0.799. The zero-order valence-corrected chi connectivity index (χ0v) is 10.6. The average Bonchev–Trinajstić information content (AvgIpc) is 2.68. The molecule has 0 aliphatic carbocycles. The number of aromatic nitrogens is 2. The molecule has 0 saturated carbocycles. The Morgan fingerprint density at radius 2 is 1.94 bits per heavy atom. The van der Waals surface area contributed by atoms with Crippen LogP contribution in [0.5, 0.6) is 11.5 Å². The van der Waals surface area contributed by atoms with E-state index in [0.717, 1.165) is 0 Å². The van der Waals surface area contributed by atoms with Crippen LogP contribution >= 0.6 is 0 Å². The summed E-state index contributed by atoms with van der Waals surface area (Å²) >= 11 is 0. The van der Waals surface area contributed by atoms with Crippen LogP contribution in [-0.2, 0) is 6.42 Å². The van der Waals surface area contributed by atoms with E-state index in [-0.39, 0.29) is 22.8 Å². The molecule has 5 nitrogen and oxygen atoms in total. The molecule has 0 aliphatic heterocycles. The third-order valence-electron chi connectivity index (χ3n) is 2.40. The standard InChI is InChI=1S/C13H16N2O3/c1-13(2,3)7-10-14-12(18-15-10)8-5-4-6-9(16)11(8)17/h4-6,16-17H,7H2,1-3H3. The van der Waals surface area contributed by atoms with Crippen LogP contribution in [-0.4, -0.2) is 20.4 Å². The van der Waals surface area contributed by atoms with Crippen molar-refractivity contribution in [2.24, 2.45) is 5.41 Å². The molecule has 1 heterocycles. The second-order valence-corrected chi connectivity index (χ2v) is 5.43. The number of nitrogens with zero attached hydrogens (tertiary/aromatic N) is 2. The summed E-state index contributed by atoms with van der Waals surface area (Å²) in [5.41, 5.74) is 0.393. The molecular formula is C13H16N2O3. The monoisotopic (exact) mass is 248 g/mol. The maximum Gasteiger partial charge on any atom is 0.261 e. The number of phenols is 2. The van der Waals surface area contributed by atoms with Gasteiger partial charge in [0.15, 0.2) is 17.3 Å². The highest BCUT2D eigenvalue weighted by molar-refractivity contribution is 5.66. The van der Waals surface area contributed by atoms with Gasteiger partial charge in [0.25, 0.3) is 5.89 Å². The summed E-state index contributed by atoms with van der Waals surface area (Å²) in [7, 11) is 0. The van der Waals surface area contributed by atoms with Gasteiger partial charge < -0.3 is 14.7 Å². The lowest BCUT2D eigenvalue weighted by Gasteiger charge is -2.14. The first-order valence-corrected chi connectivity index (χ1v) is 5.71. The number of rotatable bonds is 2. The first-order valence-electron chi connectivity index (χ1n) is 5.71. The number of para-hydroxylation sites is 1. The van der Waals surface area contributed by atoms with Crippen LogP contribution in [0.15, 0.2) is 22.7 Å². The van der Waals surface area contributed by atoms with Gasteiger partial charge in [0.05, 0.1) is 5.56 Å². The van der Waals surface area contributed by atoms with Gasteiger partial charge in [0, 0.05) is 6.42 Å². The van der Waals surface area contributed by atoms with Crippen LogP contribution in [0.25, 0.3) is 11.5 Å². The third kappa shape index (κ3) is 2.61. The van der Waals surface area contributed by atoms with E-state index in [2.05, 4.69) is 30.9 Å². The Hall–Kier alpha value is -2.04. The normalized spacial score (nSPS) is 11.7. The van der Waals surface area contributed by atoms with Gasteiger partial charge in [0.2, 0.25) is 0 Å². The van der Waals surface area contributed by atoms with E-state index in [9.17, 15) is 10.2 Å². The minimum absolute atomic E-state index is 0.0576. The summed E-state index contributed by atoms with van der Waals surface area (Å²) in [5.74, 6) is 0.342. The van der Waals surface area contributed by atoms with E-state index in [1.54, 1.807) is 12.1 Å². The topological polar surface area (TPSA) is 79.4 Å². The maximum absolute atomic E-state index is 9.72. The predicted molar refractivity (Wildman–Crippen MR) is 66.2 cm³/mol. The SMILES string of the molecule is CC(C)(C)Cc1noc(-c2cccc(O)c2O)n1. The third-order valence-corrected chi connectivity index (χ3v) is 2.40. The molecule has 1 aromatic heterocycles. The number of hydrogen-bond acceptors (Lipinski definition) is 5. The first-order chi connectivity index (χ1) is 8.37. The molecule has 0 saturated heterocycles. The Morgan fingerprint density at radius 1 is 1.22 bits per heavy atom. The van der Waals surface area contributed by atoms with Gasteiger partial charge >= 0.3 is 0 Å². The van der Waals surface area contributed by atoms with Gasteiger partial charge in [-0.1, -0.05) is 32.0 Å². The minimum atomic E-state index is -0.247. The Balaban J connectivity index is 2.33. The van der Waals surface area contributed by atoms with E-state index in [0.29, 0.717) is 17.8 Å². The zero-order chi connectivity index (χ0) is 13.3. The van der Waals surface area contributed by atoms with E-state index in [4.69, 9.17) is 4.52 Å². The molecule has 0 bridgehead atoms. The fraction of sp³-hybridized carbons (Fsp3) is 0.385. The number of aromatic hydroxyl groups is 2. The molecule has 2 rings (SSSR count). The van der Waals surface area contributed by atoms with Crippen molar-refractivity contribution < 1.29 is 14.7 Å². The Morgan fingerprint density at radius 3 is 2.61 bits per heavy atom. The summed E-state index contributed by atoms with van der Waals surface area (Å²) in [6, 6.07) is 4.62. The smallest absolute Gasteiger partial charge is 0.261 e. The summed E-state index contributed by atoms with van der Waals surface area (Å²) < 4.78 is 5.10. The number of phenolic OH excluding ortho intramolecular Hbond substituents is 2. The summed E-state index contributed by atoms with van der Waals surface area (Å²) in [5, 5.41) is 23.0. The van der Waals surface area contributed by atoms with E-state index < -0.39 is 0 Å². The fourth-order valence-corrected chi connectivity index (χ4v) is 1.61. The van der Waals surface area contributed by atoms with Gasteiger partial charge in [-0.15, -0.1) is 0 Å². The lowest BCUT2D eigenvalue weighted by atomic mass is 9.92. The maximum atomic E-state index is 9.72. The highest BCUT2D eigenvalue weighted by Crippen LogP contribution is 2.35. The van der Waals surface area contributed by atoms with Crippen molar-refractivity contribution in [1.82, 2.24) is 10.1 Å². The number of hydrogen-bond donors (Lipinski definition) is 2. The zero-order valence-electron chi connectivity index (χ0n) is 10.6.